The number of nitrogens with zero attached hydrogens (tertiary/aromatic N) is 2. The van der Waals surface area contributed by atoms with Crippen molar-refractivity contribution in [2.75, 3.05) is 29.4 Å². The lowest BCUT2D eigenvalue weighted by atomic mass is 10.1. The molecule has 2 fully saturated rings. The zero-order valence-corrected chi connectivity index (χ0v) is 11.0. The van der Waals surface area contributed by atoms with Crippen LogP contribution >= 0.6 is 0 Å². The lowest BCUT2D eigenvalue weighted by Crippen LogP contribution is -2.25. The summed E-state index contributed by atoms with van der Waals surface area (Å²) in [7, 11) is 0. The monoisotopic (exact) mass is 244 g/mol. The fourth-order valence-electron chi connectivity index (χ4n) is 2.99. The third-order valence-corrected chi connectivity index (χ3v) is 4.02. The van der Waals surface area contributed by atoms with Crippen molar-refractivity contribution in [1.82, 2.24) is 0 Å². The molecule has 2 saturated heterocycles. The number of carbonyl (C=O) groups is 1. The Labute approximate surface area is 108 Å². The van der Waals surface area contributed by atoms with Crippen molar-refractivity contribution < 1.29 is 4.79 Å². The molecule has 2 aliphatic rings. The summed E-state index contributed by atoms with van der Waals surface area (Å²) >= 11 is 0. The molecule has 96 valence electrons. The van der Waals surface area contributed by atoms with E-state index in [1.54, 1.807) is 0 Å². The predicted molar refractivity (Wildman–Crippen MR) is 74.2 cm³/mol. The number of benzene rings is 1. The Morgan fingerprint density at radius 1 is 1.06 bits per heavy atom. The first-order valence-electron chi connectivity index (χ1n) is 6.92. The maximum Gasteiger partial charge on any atom is 0.227 e. The van der Waals surface area contributed by atoms with E-state index in [-0.39, 0.29) is 5.91 Å². The van der Waals surface area contributed by atoms with E-state index in [1.165, 1.54) is 24.1 Å². The standard InChI is InChI=1S/C15H20N2O/c1-12-6-7-13(17-10-4-5-15(17)18)11-14(12)16-8-2-3-9-16/h6-7,11H,2-5,8-10H2,1H3. The first-order valence-corrected chi connectivity index (χ1v) is 6.92. The highest BCUT2D eigenvalue weighted by atomic mass is 16.2. The van der Waals surface area contributed by atoms with Crippen molar-refractivity contribution in [3.63, 3.8) is 0 Å². The lowest BCUT2D eigenvalue weighted by Gasteiger charge is -2.23. The average Bonchev–Trinajstić information content (AvgIpc) is 3.01. The molecule has 0 radical (unpaired) electrons. The quantitative estimate of drug-likeness (QED) is 0.798. The summed E-state index contributed by atoms with van der Waals surface area (Å²) in [5, 5.41) is 0. The SMILES string of the molecule is Cc1ccc(N2CCCC2=O)cc1N1CCCC1. The molecule has 1 aromatic carbocycles. The largest absolute Gasteiger partial charge is 0.371 e. The number of carbonyl (C=O) groups excluding carboxylic acids is 1. The molecule has 1 amide bonds. The van der Waals surface area contributed by atoms with Crippen LogP contribution in [-0.2, 0) is 4.79 Å². The van der Waals surface area contributed by atoms with E-state index in [2.05, 4.69) is 30.0 Å². The van der Waals surface area contributed by atoms with E-state index in [4.69, 9.17) is 0 Å². The summed E-state index contributed by atoms with van der Waals surface area (Å²) < 4.78 is 0. The number of hydrogen-bond acceptors (Lipinski definition) is 2. The van der Waals surface area contributed by atoms with Crippen LogP contribution in [0.25, 0.3) is 0 Å². The fourth-order valence-corrected chi connectivity index (χ4v) is 2.99. The lowest BCUT2D eigenvalue weighted by molar-refractivity contribution is -0.117. The van der Waals surface area contributed by atoms with Gasteiger partial charge in [-0.3, -0.25) is 4.79 Å². The average molecular weight is 244 g/mol. The topological polar surface area (TPSA) is 23.6 Å². The Bertz CT molecular complexity index is 464. The third-order valence-electron chi connectivity index (χ3n) is 4.02. The molecule has 0 unspecified atom stereocenters. The summed E-state index contributed by atoms with van der Waals surface area (Å²) in [6.07, 6.45) is 4.26. The van der Waals surface area contributed by atoms with E-state index >= 15 is 0 Å². The normalized spacial score (nSPS) is 19.9. The number of aryl methyl sites for hydroxylation is 1. The Hall–Kier alpha value is -1.51. The smallest absolute Gasteiger partial charge is 0.227 e. The Morgan fingerprint density at radius 2 is 1.83 bits per heavy atom. The molecule has 3 rings (SSSR count). The molecule has 0 N–H and O–H groups in total. The third kappa shape index (κ3) is 1.98. The summed E-state index contributed by atoms with van der Waals surface area (Å²) in [5.41, 5.74) is 3.70. The summed E-state index contributed by atoms with van der Waals surface area (Å²) in [6, 6.07) is 6.43. The van der Waals surface area contributed by atoms with E-state index in [0.29, 0.717) is 6.42 Å². The summed E-state index contributed by atoms with van der Waals surface area (Å²) in [5.74, 6) is 0.270. The minimum atomic E-state index is 0.270. The first kappa shape index (κ1) is 11.6. The van der Waals surface area contributed by atoms with Gasteiger partial charge in [0.25, 0.3) is 0 Å². The molecule has 1 aromatic rings. The van der Waals surface area contributed by atoms with Gasteiger partial charge in [0.05, 0.1) is 0 Å². The Balaban J connectivity index is 1.92. The maximum atomic E-state index is 11.8. The highest BCUT2D eigenvalue weighted by Crippen LogP contribution is 2.30. The zero-order valence-electron chi connectivity index (χ0n) is 11.0. The van der Waals surface area contributed by atoms with Gasteiger partial charge < -0.3 is 9.80 Å². The molecule has 0 saturated carbocycles. The van der Waals surface area contributed by atoms with Gasteiger partial charge in [-0.05, 0) is 43.9 Å². The molecule has 3 nitrogen and oxygen atoms in total. The van der Waals surface area contributed by atoms with Crippen LogP contribution in [0.15, 0.2) is 18.2 Å². The van der Waals surface area contributed by atoms with E-state index < -0.39 is 0 Å². The van der Waals surface area contributed by atoms with E-state index in [0.717, 1.165) is 31.7 Å². The van der Waals surface area contributed by atoms with Crippen LogP contribution in [0.3, 0.4) is 0 Å². The van der Waals surface area contributed by atoms with Crippen LogP contribution in [0.2, 0.25) is 0 Å². The van der Waals surface area contributed by atoms with Gasteiger partial charge in [0.1, 0.15) is 0 Å². The Morgan fingerprint density at radius 3 is 2.50 bits per heavy atom. The van der Waals surface area contributed by atoms with E-state index in [9.17, 15) is 4.79 Å². The summed E-state index contributed by atoms with van der Waals surface area (Å²) in [6.45, 7) is 5.33. The molecule has 18 heavy (non-hydrogen) atoms. The van der Waals surface area contributed by atoms with Gasteiger partial charge in [-0.25, -0.2) is 0 Å². The second-order valence-corrected chi connectivity index (χ2v) is 5.31. The summed E-state index contributed by atoms with van der Waals surface area (Å²) in [4.78, 5) is 16.2. The van der Waals surface area contributed by atoms with Crippen LogP contribution < -0.4 is 9.80 Å². The van der Waals surface area contributed by atoms with Crippen molar-refractivity contribution >= 4 is 17.3 Å². The van der Waals surface area contributed by atoms with Crippen LogP contribution in [0.4, 0.5) is 11.4 Å². The van der Waals surface area contributed by atoms with Gasteiger partial charge in [-0.2, -0.15) is 0 Å². The molecule has 0 bridgehead atoms. The second kappa shape index (κ2) is 4.63. The fraction of sp³-hybridized carbons (Fsp3) is 0.533. The van der Waals surface area contributed by atoms with Crippen LogP contribution in [0, 0.1) is 6.92 Å². The highest BCUT2D eigenvalue weighted by Gasteiger charge is 2.23. The molecule has 2 aliphatic heterocycles. The molecule has 2 heterocycles. The van der Waals surface area contributed by atoms with Gasteiger partial charge in [0, 0.05) is 37.4 Å². The number of anilines is 2. The molecule has 0 atom stereocenters. The molecule has 3 heteroatoms. The number of amides is 1. The molecular formula is C15H20N2O. The first-order chi connectivity index (χ1) is 8.75. The van der Waals surface area contributed by atoms with Gasteiger partial charge in [0.2, 0.25) is 5.91 Å². The van der Waals surface area contributed by atoms with Gasteiger partial charge in [-0.1, -0.05) is 6.07 Å². The van der Waals surface area contributed by atoms with Crippen molar-refractivity contribution in [2.24, 2.45) is 0 Å². The molecular weight excluding hydrogens is 224 g/mol. The predicted octanol–water partition coefficient (Wildman–Crippen LogP) is 2.72. The minimum Gasteiger partial charge on any atom is -0.371 e. The highest BCUT2D eigenvalue weighted by molar-refractivity contribution is 5.95. The van der Waals surface area contributed by atoms with Gasteiger partial charge >= 0.3 is 0 Å². The minimum absolute atomic E-state index is 0.270. The zero-order chi connectivity index (χ0) is 12.5. The molecule has 0 spiro atoms. The second-order valence-electron chi connectivity index (χ2n) is 5.31. The number of rotatable bonds is 2. The van der Waals surface area contributed by atoms with Crippen LogP contribution in [0.5, 0.6) is 0 Å². The Kier molecular flexibility index (Phi) is 2.98. The maximum absolute atomic E-state index is 11.8. The van der Waals surface area contributed by atoms with Crippen LogP contribution in [0.1, 0.15) is 31.2 Å². The van der Waals surface area contributed by atoms with Crippen LogP contribution in [-0.4, -0.2) is 25.5 Å². The van der Waals surface area contributed by atoms with E-state index in [1.807, 2.05) is 4.90 Å². The molecule has 0 aromatic heterocycles. The van der Waals surface area contributed by atoms with Crippen molar-refractivity contribution in [3.8, 4) is 0 Å². The van der Waals surface area contributed by atoms with Gasteiger partial charge in [-0.15, -0.1) is 0 Å². The van der Waals surface area contributed by atoms with Gasteiger partial charge in [0.15, 0.2) is 0 Å². The molecule has 0 aliphatic carbocycles. The number of hydrogen-bond donors (Lipinski definition) is 0. The van der Waals surface area contributed by atoms with Crippen molar-refractivity contribution in [1.29, 1.82) is 0 Å². The van der Waals surface area contributed by atoms with Crippen molar-refractivity contribution in [2.45, 2.75) is 32.6 Å². The van der Waals surface area contributed by atoms with Crippen molar-refractivity contribution in [3.05, 3.63) is 23.8 Å².